The normalized spacial score (nSPS) is 27.6. The molecule has 146 valence electrons. The standard InChI is InChI=1S/C24H26O4/c1-13(2)23(25)27-19-9-15-5-7-17-11-20(28-24(26)14(3)4)12-18-8-6-16(10-19)21(15)22(17)18/h9-11,16,20-21H,1,3,5-8,12H2,2,4H3. The van der Waals surface area contributed by atoms with Gasteiger partial charge in [-0.3, -0.25) is 0 Å². The molecule has 0 saturated heterocycles. The third-order valence-corrected chi connectivity index (χ3v) is 6.03. The lowest BCUT2D eigenvalue weighted by molar-refractivity contribution is -0.142. The van der Waals surface area contributed by atoms with Gasteiger partial charge in [0.1, 0.15) is 11.9 Å². The number of rotatable bonds is 4. The molecular weight excluding hydrogens is 352 g/mol. The fourth-order valence-electron chi connectivity index (χ4n) is 4.80. The number of ether oxygens (including phenoxy) is 2. The molecule has 0 aliphatic heterocycles. The zero-order chi connectivity index (χ0) is 20.0. The summed E-state index contributed by atoms with van der Waals surface area (Å²) in [5, 5.41) is 0. The van der Waals surface area contributed by atoms with Crippen LogP contribution in [0.15, 0.2) is 70.6 Å². The van der Waals surface area contributed by atoms with Crippen LogP contribution in [0.3, 0.4) is 0 Å². The summed E-state index contributed by atoms with van der Waals surface area (Å²) in [6, 6.07) is 0. The second-order valence-corrected chi connectivity index (χ2v) is 8.28. The first kappa shape index (κ1) is 18.7. The minimum atomic E-state index is -0.367. The summed E-state index contributed by atoms with van der Waals surface area (Å²) in [5.74, 6) is 0.692. The Bertz CT molecular complexity index is 909. The van der Waals surface area contributed by atoms with E-state index in [1.54, 1.807) is 13.8 Å². The molecule has 0 spiro atoms. The number of hydrogen-bond acceptors (Lipinski definition) is 4. The molecule has 1 fully saturated rings. The van der Waals surface area contributed by atoms with Crippen LogP contribution >= 0.6 is 0 Å². The third-order valence-electron chi connectivity index (χ3n) is 6.03. The molecule has 4 nitrogen and oxygen atoms in total. The van der Waals surface area contributed by atoms with Crippen molar-refractivity contribution >= 4 is 11.9 Å². The maximum absolute atomic E-state index is 11.9. The summed E-state index contributed by atoms with van der Waals surface area (Å²) in [6.45, 7) is 10.7. The summed E-state index contributed by atoms with van der Waals surface area (Å²) >= 11 is 0. The molecule has 4 rings (SSSR count). The van der Waals surface area contributed by atoms with E-state index in [1.165, 1.54) is 22.3 Å². The molecular formula is C24H26O4. The van der Waals surface area contributed by atoms with Gasteiger partial charge in [-0.15, -0.1) is 0 Å². The molecule has 0 bridgehead atoms. The molecule has 0 aromatic carbocycles. The highest BCUT2D eigenvalue weighted by molar-refractivity contribution is 5.88. The number of carbonyl (C=O) groups is 2. The maximum Gasteiger partial charge on any atom is 0.338 e. The largest absolute Gasteiger partial charge is 0.454 e. The Hall–Kier alpha value is -2.62. The highest BCUT2D eigenvalue weighted by atomic mass is 16.5. The van der Waals surface area contributed by atoms with E-state index in [0.717, 1.165) is 32.1 Å². The van der Waals surface area contributed by atoms with Crippen LogP contribution in [0.25, 0.3) is 0 Å². The molecule has 0 amide bonds. The lowest BCUT2D eigenvalue weighted by Gasteiger charge is -2.44. The average molecular weight is 378 g/mol. The van der Waals surface area contributed by atoms with Crippen LogP contribution in [-0.4, -0.2) is 18.0 Å². The van der Waals surface area contributed by atoms with E-state index in [-0.39, 0.29) is 18.0 Å². The summed E-state index contributed by atoms with van der Waals surface area (Å²) in [5.41, 5.74) is 6.37. The van der Waals surface area contributed by atoms with Crippen LogP contribution in [0.1, 0.15) is 46.0 Å². The zero-order valence-electron chi connectivity index (χ0n) is 16.5. The SMILES string of the molecule is C=C(C)C(=O)OC1=CC2CCC3=C4C(=CC(OC(=O)C(=C)C)C3)CCC(=C1)C42. The first-order valence-corrected chi connectivity index (χ1v) is 9.93. The van der Waals surface area contributed by atoms with Crippen LogP contribution in [0, 0.1) is 11.8 Å². The van der Waals surface area contributed by atoms with Crippen molar-refractivity contribution in [2.75, 3.05) is 0 Å². The molecule has 4 aliphatic carbocycles. The van der Waals surface area contributed by atoms with Gasteiger partial charge >= 0.3 is 11.9 Å². The topological polar surface area (TPSA) is 52.6 Å². The molecule has 3 unspecified atom stereocenters. The van der Waals surface area contributed by atoms with Crippen LogP contribution in [-0.2, 0) is 19.1 Å². The fourth-order valence-corrected chi connectivity index (χ4v) is 4.80. The van der Waals surface area contributed by atoms with Crippen molar-refractivity contribution in [3.8, 4) is 0 Å². The predicted octanol–water partition coefficient (Wildman–Crippen LogP) is 4.86. The van der Waals surface area contributed by atoms with Crippen LogP contribution in [0.5, 0.6) is 0 Å². The Kier molecular flexibility index (Phi) is 4.74. The Morgan fingerprint density at radius 2 is 1.79 bits per heavy atom. The monoisotopic (exact) mass is 378 g/mol. The van der Waals surface area contributed by atoms with Crippen LogP contribution in [0.2, 0.25) is 0 Å². The van der Waals surface area contributed by atoms with Crippen molar-refractivity contribution in [2.24, 2.45) is 11.8 Å². The number of allylic oxidation sites excluding steroid dienone is 5. The van der Waals surface area contributed by atoms with E-state index in [1.807, 2.05) is 6.08 Å². The summed E-state index contributed by atoms with van der Waals surface area (Å²) < 4.78 is 11.1. The van der Waals surface area contributed by atoms with E-state index in [4.69, 9.17) is 9.47 Å². The molecule has 0 aromatic heterocycles. The van der Waals surface area contributed by atoms with E-state index in [9.17, 15) is 9.59 Å². The summed E-state index contributed by atoms with van der Waals surface area (Å²) in [6.07, 6.45) is 10.7. The molecule has 4 aliphatic rings. The fraction of sp³-hybridized carbons (Fsp3) is 0.417. The van der Waals surface area contributed by atoms with Gasteiger partial charge in [-0.25, -0.2) is 9.59 Å². The van der Waals surface area contributed by atoms with E-state index in [2.05, 4.69) is 25.3 Å². The van der Waals surface area contributed by atoms with E-state index >= 15 is 0 Å². The van der Waals surface area contributed by atoms with E-state index < -0.39 is 0 Å². The number of esters is 2. The van der Waals surface area contributed by atoms with Crippen molar-refractivity contribution < 1.29 is 19.1 Å². The third kappa shape index (κ3) is 3.32. The second-order valence-electron chi connectivity index (χ2n) is 8.28. The molecule has 28 heavy (non-hydrogen) atoms. The number of hydrogen-bond donors (Lipinski definition) is 0. The van der Waals surface area contributed by atoms with Gasteiger partial charge in [0.25, 0.3) is 0 Å². The molecule has 1 saturated carbocycles. The van der Waals surface area contributed by atoms with Gasteiger partial charge in [0, 0.05) is 23.5 Å². The van der Waals surface area contributed by atoms with Gasteiger partial charge in [0.15, 0.2) is 0 Å². The quantitative estimate of drug-likeness (QED) is 0.518. The Morgan fingerprint density at radius 1 is 1.04 bits per heavy atom. The van der Waals surface area contributed by atoms with Gasteiger partial charge in [-0.05, 0) is 74.8 Å². The number of carbonyl (C=O) groups excluding carboxylic acids is 2. The first-order chi connectivity index (χ1) is 13.3. The van der Waals surface area contributed by atoms with Crippen LogP contribution in [0.4, 0.5) is 0 Å². The highest BCUT2D eigenvalue weighted by Crippen LogP contribution is 2.53. The van der Waals surface area contributed by atoms with Crippen molar-refractivity contribution in [1.29, 1.82) is 0 Å². The summed E-state index contributed by atoms with van der Waals surface area (Å²) in [7, 11) is 0. The first-order valence-electron chi connectivity index (χ1n) is 9.93. The van der Waals surface area contributed by atoms with Gasteiger partial charge in [-0.2, -0.15) is 0 Å². The minimum Gasteiger partial charge on any atom is -0.454 e. The Morgan fingerprint density at radius 3 is 2.50 bits per heavy atom. The van der Waals surface area contributed by atoms with Crippen molar-refractivity contribution in [2.45, 2.75) is 52.1 Å². The molecule has 0 N–H and O–H groups in total. The predicted molar refractivity (Wildman–Crippen MR) is 107 cm³/mol. The van der Waals surface area contributed by atoms with Gasteiger partial charge in [-0.1, -0.05) is 24.3 Å². The molecule has 4 heteroatoms. The summed E-state index contributed by atoms with van der Waals surface area (Å²) in [4.78, 5) is 23.9. The molecule has 0 aromatic rings. The lowest BCUT2D eigenvalue weighted by atomic mass is 9.61. The maximum atomic E-state index is 11.9. The highest BCUT2D eigenvalue weighted by Gasteiger charge is 2.42. The van der Waals surface area contributed by atoms with Crippen molar-refractivity contribution in [3.05, 3.63) is 70.6 Å². The van der Waals surface area contributed by atoms with E-state index in [0.29, 0.717) is 28.7 Å². The molecule has 0 radical (unpaired) electrons. The smallest absolute Gasteiger partial charge is 0.338 e. The second kappa shape index (κ2) is 7.08. The van der Waals surface area contributed by atoms with Crippen molar-refractivity contribution in [1.82, 2.24) is 0 Å². The minimum absolute atomic E-state index is 0.189. The van der Waals surface area contributed by atoms with Gasteiger partial charge in [0.05, 0.1) is 0 Å². The molecule has 3 atom stereocenters. The van der Waals surface area contributed by atoms with Gasteiger partial charge < -0.3 is 9.47 Å². The lowest BCUT2D eigenvalue weighted by Crippen LogP contribution is -2.34. The Balaban J connectivity index is 1.58. The average Bonchev–Trinajstić information content (AvgIpc) is 2.65. The van der Waals surface area contributed by atoms with Gasteiger partial charge in [0.2, 0.25) is 0 Å². The Labute approximate surface area is 166 Å². The zero-order valence-corrected chi connectivity index (χ0v) is 16.5. The molecule has 0 heterocycles. The van der Waals surface area contributed by atoms with Crippen molar-refractivity contribution in [3.63, 3.8) is 0 Å². The van der Waals surface area contributed by atoms with Crippen LogP contribution < -0.4 is 0 Å².